The van der Waals surface area contributed by atoms with Crippen LogP contribution in [0.5, 0.6) is 0 Å². The van der Waals surface area contributed by atoms with Gasteiger partial charge in [0, 0.05) is 0 Å². The minimum atomic E-state index is -0.589. The molecule has 0 fully saturated rings. The number of ether oxygens (including phenoxy) is 1. The number of halogens is 1. The van der Waals surface area contributed by atoms with Crippen LogP contribution in [0.4, 0.5) is 11.5 Å². The summed E-state index contributed by atoms with van der Waals surface area (Å²) >= 11 is 5.57. The Bertz CT molecular complexity index is 354. The van der Waals surface area contributed by atoms with Crippen molar-refractivity contribution in [1.82, 2.24) is 4.98 Å². The van der Waals surface area contributed by atoms with Gasteiger partial charge in [-0.15, -0.1) is 0 Å². The van der Waals surface area contributed by atoms with Crippen LogP contribution in [-0.4, -0.2) is 18.1 Å². The lowest BCUT2D eigenvalue weighted by atomic mass is 10.2. The summed E-state index contributed by atoms with van der Waals surface area (Å²) in [6.07, 6.45) is 0. The van der Waals surface area contributed by atoms with Crippen LogP contribution in [0.15, 0.2) is 6.07 Å². The number of hydrogen-bond acceptors (Lipinski definition) is 5. The topological polar surface area (TPSA) is 91.2 Å². The van der Waals surface area contributed by atoms with Gasteiger partial charge in [-0.25, -0.2) is 9.78 Å². The largest absolute Gasteiger partial charge is 0.465 e. The summed E-state index contributed by atoms with van der Waals surface area (Å²) in [7, 11) is 1.24. The highest BCUT2D eigenvalue weighted by Gasteiger charge is 2.13. The molecule has 5 nitrogen and oxygen atoms in total. The van der Waals surface area contributed by atoms with Gasteiger partial charge in [-0.05, 0) is 6.07 Å². The summed E-state index contributed by atoms with van der Waals surface area (Å²) in [6.45, 7) is 0. The summed E-state index contributed by atoms with van der Waals surface area (Å²) in [5.74, 6) is -0.584. The van der Waals surface area contributed by atoms with Gasteiger partial charge in [-0.1, -0.05) is 11.6 Å². The molecule has 1 heterocycles. The molecular weight excluding hydrogens is 194 g/mol. The molecule has 0 aliphatic heterocycles. The number of anilines is 2. The Labute approximate surface area is 79.6 Å². The van der Waals surface area contributed by atoms with E-state index >= 15 is 0 Å². The monoisotopic (exact) mass is 201 g/mol. The fourth-order valence-electron chi connectivity index (χ4n) is 0.793. The van der Waals surface area contributed by atoms with E-state index in [2.05, 4.69) is 9.72 Å². The average molecular weight is 202 g/mol. The first-order chi connectivity index (χ1) is 6.06. The van der Waals surface area contributed by atoms with E-state index in [0.29, 0.717) is 0 Å². The van der Waals surface area contributed by atoms with Crippen LogP contribution in [0, 0.1) is 0 Å². The highest BCUT2D eigenvalue weighted by atomic mass is 35.5. The highest BCUT2D eigenvalue weighted by Crippen LogP contribution is 2.21. The van der Waals surface area contributed by atoms with E-state index in [4.69, 9.17) is 23.1 Å². The zero-order valence-electron chi connectivity index (χ0n) is 6.87. The van der Waals surface area contributed by atoms with Crippen molar-refractivity contribution >= 4 is 29.1 Å². The lowest BCUT2D eigenvalue weighted by Crippen LogP contribution is -2.08. The summed E-state index contributed by atoms with van der Waals surface area (Å²) in [5, 5.41) is 0.0742. The van der Waals surface area contributed by atoms with Gasteiger partial charge in [-0.2, -0.15) is 0 Å². The Kier molecular flexibility index (Phi) is 2.57. The lowest BCUT2D eigenvalue weighted by Gasteiger charge is -2.04. The molecular formula is C7H8ClN3O2. The molecule has 0 aromatic carbocycles. The first-order valence-corrected chi connectivity index (χ1v) is 3.74. The van der Waals surface area contributed by atoms with Gasteiger partial charge in [0.1, 0.15) is 11.4 Å². The molecule has 0 bridgehead atoms. The second-order valence-corrected chi connectivity index (χ2v) is 2.65. The van der Waals surface area contributed by atoms with Crippen LogP contribution >= 0.6 is 11.6 Å². The SMILES string of the molecule is COC(=O)c1cc(N)c(Cl)nc1N. The van der Waals surface area contributed by atoms with E-state index in [0.717, 1.165) is 0 Å². The highest BCUT2D eigenvalue weighted by molar-refractivity contribution is 6.32. The van der Waals surface area contributed by atoms with Crippen molar-refractivity contribution in [3.05, 3.63) is 16.8 Å². The van der Waals surface area contributed by atoms with E-state index in [-0.39, 0.29) is 22.2 Å². The fraction of sp³-hybridized carbons (Fsp3) is 0.143. The number of hydrogen-bond donors (Lipinski definition) is 2. The number of pyridine rings is 1. The molecule has 0 unspecified atom stereocenters. The minimum Gasteiger partial charge on any atom is -0.465 e. The second kappa shape index (κ2) is 3.49. The maximum atomic E-state index is 11.1. The molecule has 0 radical (unpaired) electrons. The zero-order chi connectivity index (χ0) is 10.0. The summed E-state index contributed by atoms with van der Waals surface area (Å²) in [6, 6.07) is 1.33. The molecule has 6 heteroatoms. The van der Waals surface area contributed by atoms with Gasteiger partial charge < -0.3 is 16.2 Å². The number of nitrogens with two attached hydrogens (primary N) is 2. The third-order valence-corrected chi connectivity index (χ3v) is 1.74. The Morgan fingerprint density at radius 1 is 1.62 bits per heavy atom. The van der Waals surface area contributed by atoms with Gasteiger partial charge in [0.25, 0.3) is 0 Å². The minimum absolute atomic E-state index is 0.00560. The summed E-state index contributed by atoms with van der Waals surface area (Å²) < 4.78 is 4.45. The van der Waals surface area contributed by atoms with E-state index in [9.17, 15) is 4.79 Å². The molecule has 0 aliphatic rings. The van der Waals surface area contributed by atoms with Gasteiger partial charge in [0.05, 0.1) is 12.8 Å². The molecule has 4 N–H and O–H groups in total. The maximum Gasteiger partial charge on any atom is 0.341 e. The number of rotatable bonds is 1. The molecule has 1 aromatic rings. The standard InChI is InChI=1S/C7H8ClN3O2/c1-13-7(12)3-2-4(9)5(8)11-6(3)10/h2H,9H2,1H3,(H2,10,11). The lowest BCUT2D eigenvalue weighted by molar-refractivity contribution is 0.0601. The van der Waals surface area contributed by atoms with E-state index < -0.39 is 5.97 Å². The molecule has 1 rings (SSSR count). The maximum absolute atomic E-state index is 11.1. The zero-order valence-corrected chi connectivity index (χ0v) is 7.63. The van der Waals surface area contributed by atoms with Crippen LogP contribution in [-0.2, 0) is 4.74 Å². The molecule has 0 saturated carbocycles. The average Bonchev–Trinajstić information content (AvgIpc) is 2.10. The smallest absolute Gasteiger partial charge is 0.341 e. The van der Waals surface area contributed by atoms with Crippen LogP contribution < -0.4 is 11.5 Å². The van der Waals surface area contributed by atoms with Gasteiger partial charge in [0.15, 0.2) is 5.15 Å². The van der Waals surface area contributed by atoms with Crippen molar-refractivity contribution in [3.63, 3.8) is 0 Å². The van der Waals surface area contributed by atoms with Crippen molar-refractivity contribution in [2.45, 2.75) is 0 Å². The Morgan fingerprint density at radius 2 is 2.23 bits per heavy atom. The normalized spacial score (nSPS) is 9.69. The van der Waals surface area contributed by atoms with Gasteiger partial charge >= 0.3 is 5.97 Å². The molecule has 0 saturated heterocycles. The van der Waals surface area contributed by atoms with Gasteiger partial charge in [0.2, 0.25) is 0 Å². The molecule has 1 aromatic heterocycles. The molecule has 0 spiro atoms. The number of carbonyl (C=O) groups excluding carboxylic acids is 1. The quantitative estimate of drug-likeness (QED) is 0.515. The van der Waals surface area contributed by atoms with Crippen molar-refractivity contribution < 1.29 is 9.53 Å². The Morgan fingerprint density at radius 3 is 2.77 bits per heavy atom. The van der Waals surface area contributed by atoms with Gasteiger partial charge in [-0.3, -0.25) is 0 Å². The summed E-state index contributed by atoms with van der Waals surface area (Å²) in [4.78, 5) is 14.7. The summed E-state index contributed by atoms with van der Waals surface area (Å²) in [5.41, 5.74) is 11.1. The first kappa shape index (κ1) is 9.60. The predicted octanol–water partition coefficient (Wildman–Crippen LogP) is 0.686. The number of aromatic nitrogens is 1. The van der Waals surface area contributed by atoms with Crippen molar-refractivity contribution in [2.75, 3.05) is 18.6 Å². The van der Waals surface area contributed by atoms with Crippen LogP contribution in [0.1, 0.15) is 10.4 Å². The van der Waals surface area contributed by atoms with Crippen molar-refractivity contribution in [3.8, 4) is 0 Å². The predicted molar refractivity (Wildman–Crippen MR) is 49.4 cm³/mol. The Balaban J connectivity index is 3.23. The first-order valence-electron chi connectivity index (χ1n) is 3.36. The van der Waals surface area contributed by atoms with Crippen molar-refractivity contribution in [1.29, 1.82) is 0 Å². The van der Waals surface area contributed by atoms with E-state index in [1.807, 2.05) is 0 Å². The molecule has 70 valence electrons. The number of nitrogen functional groups attached to an aromatic ring is 2. The Hall–Kier alpha value is -1.49. The number of esters is 1. The molecule has 0 aliphatic carbocycles. The second-order valence-electron chi connectivity index (χ2n) is 2.29. The number of nitrogens with zero attached hydrogens (tertiary/aromatic N) is 1. The van der Waals surface area contributed by atoms with Crippen molar-refractivity contribution in [2.24, 2.45) is 0 Å². The fourth-order valence-corrected chi connectivity index (χ4v) is 0.939. The molecule has 0 amide bonds. The van der Waals surface area contributed by atoms with E-state index in [1.165, 1.54) is 13.2 Å². The van der Waals surface area contributed by atoms with Crippen LogP contribution in [0.2, 0.25) is 5.15 Å². The van der Waals surface area contributed by atoms with E-state index in [1.54, 1.807) is 0 Å². The third-order valence-electron chi connectivity index (χ3n) is 1.44. The number of carbonyl (C=O) groups is 1. The molecule has 0 atom stereocenters. The number of methoxy groups -OCH3 is 1. The molecule has 13 heavy (non-hydrogen) atoms. The third kappa shape index (κ3) is 1.81. The van der Waals surface area contributed by atoms with Crippen LogP contribution in [0.3, 0.4) is 0 Å². The van der Waals surface area contributed by atoms with Crippen LogP contribution in [0.25, 0.3) is 0 Å².